The van der Waals surface area contributed by atoms with Gasteiger partial charge in [0.15, 0.2) is 0 Å². The van der Waals surface area contributed by atoms with Gasteiger partial charge in [0.25, 0.3) is 0 Å². The van der Waals surface area contributed by atoms with E-state index in [1.54, 1.807) is 11.0 Å². The number of nitrogens with zero attached hydrogens (tertiary/aromatic N) is 4. The summed E-state index contributed by atoms with van der Waals surface area (Å²) in [6.45, 7) is 1.13. The van der Waals surface area contributed by atoms with Gasteiger partial charge in [0, 0.05) is 43.6 Å². The van der Waals surface area contributed by atoms with Crippen molar-refractivity contribution in [1.82, 2.24) is 19.7 Å². The van der Waals surface area contributed by atoms with Gasteiger partial charge in [0.2, 0.25) is 0 Å². The highest BCUT2D eigenvalue weighted by molar-refractivity contribution is 7.99. The second-order valence-electron chi connectivity index (χ2n) is 4.29. The Kier molecular flexibility index (Phi) is 3.83. The third-order valence-electron chi connectivity index (χ3n) is 3.16. The van der Waals surface area contributed by atoms with Gasteiger partial charge in [-0.15, -0.1) is 0 Å². The van der Waals surface area contributed by atoms with Crippen LogP contribution in [-0.2, 0) is 13.5 Å². The zero-order valence-electron chi connectivity index (χ0n) is 9.83. The van der Waals surface area contributed by atoms with Crippen molar-refractivity contribution in [1.29, 1.82) is 0 Å². The van der Waals surface area contributed by atoms with Crippen LogP contribution >= 0.6 is 11.8 Å². The zero-order chi connectivity index (χ0) is 11.5. The largest absolute Gasteiger partial charge is 0.326 e. The van der Waals surface area contributed by atoms with Crippen molar-refractivity contribution in [2.24, 2.45) is 12.8 Å². The Hall–Kier alpha value is -0.590. The lowest BCUT2D eigenvalue weighted by atomic mass is 10.1. The highest BCUT2D eigenvalue weighted by atomic mass is 32.2. The van der Waals surface area contributed by atoms with E-state index in [9.17, 15) is 0 Å². The Morgan fingerprint density at radius 1 is 1.62 bits per heavy atom. The number of likely N-dealkylation sites (N-methyl/N-ethyl adjacent to an activating group) is 1. The molecule has 0 saturated carbocycles. The van der Waals surface area contributed by atoms with Gasteiger partial charge in [0.1, 0.15) is 12.2 Å². The highest BCUT2D eigenvalue weighted by Gasteiger charge is 2.26. The smallest absolute Gasteiger partial charge is 0.138 e. The Balaban J connectivity index is 1.96. The monoisotopic (exact) mass is 241 g/mol. The van der Waals surface area contributed by atoms with Gasteiger partial charge in [-0.3, -0.25) is 4.68 Å². The minimum Gasteiger partial charge on any atom is -0.326 e. The van der Waals surface area contributed by atoms with Gasteiger partial charge in [-0.05, 0) is 7.05 Å². The summed E-state index contributed by atoms with van der Waals surface area (Å²) in [5.41, 5.74) is 6.26. The van der Waals surface area contributed by atoms with E-state index in [0.717, 1.165) is 24.5 Å². The van der Waals surface area contributed by atoms with E-state index in [4.69, 9.17) is 5.73 Å². The van der Waals surface area contributed by atoms with E-state index in [2.05, 4.69) is 22.0 Å². The molecule has 1 aliphatic rings. The quantitative estimate of drug-likeness (QED) is 0.789. The summed E-state index contributed by atoms with van der Waals surface area (Å²) in [5, 5.41) is 4.07. The summed E-state index contributed by atoms with van der Waals surface area (Å²) >= 11 is 1.99. The Morgan fingerprint density at radius 3 is 3.06 bits per heavy atom. The van der Waals surface area contributed by atoms with Crippen molar-refractivity contribution in [3.8, 4) is 0 Å². The van der Waals surface area contributed by atoms with Crippen molar-refractivity contribution in [2.45, 2.75) is 18.5 Å². The van der Waals surface area contributed by atoms with Crippen LogP contribution in [0, 0.1) is 0 Å². The molecular formula is C10H19N5S. The van der Waals surface area contributed by atoms with Crippen LogP contribution in [0.3, 0.4) is 0 Å². The molecule has 0 aliphatic carbocycles. The van der Waals surface area contributed by atoms with E-state index in [-0.39, 0.29) is 6.04 Å². The van der Waals surface area contributed by atoms with Crippen LogP contribution in [0.15, 0.2) is 6.33 Å². The summed E-state index contributed by atoms with van der Waals surface area (Å²) in [6, 6.07) is 0.594. The number of hydrogen-bond acceptors (Lipinski definition) is 5. The van der Waals surface area contributed by atoms with Crippen molar-refractivity contribution in [3.63, 3.8) is 0 Å². The average Bonchev–Trinajstić information content (AvgIpc) is 2.65. The van der Waals surface area contributed by atoms with E-state index >= 15 is 0 Å². The van der Waals surface area contributed by atoms with Crippen LogP contribution in [0.25, 0.3) is 0 Å². The van der Waals surface area contributed by atoms with Crippen molar-refractivity contribution in [3.05, 3.63) is 12.2 Å². The van der Waals surface area contributed by atoms with Crippen LogP contribution in [0.2, 0.25) is 0 Å². The highest BCUT2D eigenvalue weighted by Crippen LogP contribution is 2.17. The Labute approximate surface area is 100 Å². The Bertz CT molecular complexity index is 340. The molecular weight excluding hydrogens is 222 g/mol. The number of thioether (sulfide) groups is 1. The number of nitrogens with two attached hydrogens (primary N) is 1. The summed E-state index contributed by atoms with van der Waals surface area (Å²) in [6.07, 6.45) is 2.38. The molecule has 1 saturated heterocycles. The molecule has 16 heavy (non-hydrogen) atoms. The zero-order valence-corrected chi connectivity index (χ0v) is 10.7. The van der Waals surface area contributed by atoms with Gasteiger partial charge < -0.3 is 10.6 Å². The van der Waals surface area contributed by atoms with Gasteiger partial charge in [0.05, 0.1) is 0 Å². The first kappa shape index (κ1) is 11.9. The molecule has 2 unspecified atom stereocenters. The molecule has 6 heteroatoms. The topological polar surface area (TPSA) is 60.0 Å². The third kappa shape index (κ3) is 2.56. The predicted molar refractivity (Wildman–Crippen MR) is 66.4 cm³/mol. The van der Waals surface area contributed by atoms with E-state index in [1.807, 2.05) is 18.8 Å². The number of aromatic nitrogens is 3. The molecule has 2 rings (SSSR count). The van der Waals surface area contributed by atoms with Gasteiger partial charge in [-0.25, -0.2) is 4.98 Å². The maximum absolute atomic E-state index is 6.26. The van der Waals surface area contributed by atoms with E-state index < -0.39 is 0 Å². The summed E-state index contributed by atoms with van der Waals surface area (Å²) in [7, 11) is 4.06. The lowest BCUT2D eigenvalue weighted by molar-refractivity contribution is 0.233. The van der Waals surface area contributed by atoms with E-state index in [1.165, 1.54) is 5.75 Å². The summed E-state index contributed by atoms with van der Waals surface area (Å²) in [5.74, 6) is 3.30. The van der Waals surface area contributed by atoms with Crippen LogP contribution in [-0.4, -0.2) is 56.8 Å². The maximum Gasteiger partial charge on any atom is 0.138 e. The van der Waals surface area contributed by atoms with Crippen molar-refractivity contribution < 1.29 is 0 Å². The van der Waals surface area contributed by atoms with Crippen molar-refractivity contribution >= 4 is 11.8 Å². The van der Waals surface area contributed by atoms with Crippen LogP contribution in [0.4, 0.5) is 0 Å². The van der Waals surface area contributed by atoms with Gasteiger partial charge in [-0.2, -0.15) is 16.9 Å². The molecule has 0 bridgehead atoms. The third-order valence-corrected chi connectivity index (χ3v) is 4.21. The molecule has 1 aromatic heterocycles. The summed E-state index contributed by atoms with van der Waals surface area (Å²) < 4.78 is 1.80. The molecule has 0 radical (unpaired) electrons. The molecule has 0 amide bonds. The fourth-order valence-corrected chi connectivity index (χ4v) is 3.33. The molecule has 5 nitrogen and oxygen atoms in total. The van der Waals surface area contributed by atoms with Crippen LogP contribution < -0.4 is 5.73 Å². The Morgan fingerprint density at radius 2 is 2.44 bits per heavy atom. The normalized spacial score (nSPS) is 24.6. The lowest BCUT2D eigenvalue weighted by Crippen LogP contribution is -2.51. The second kappa shape index (κ2) is 5.16. The lowest BCUT2D eigenvalue weighted by Gasteiger charge is -2.35. The molecule has 2 heterocycles. The SMILES string of the molecule is CN1CCSCC1C(N)Cc1ncnn1C. The molecule has 1 aliphatic heterocycles. The number of aryl methyl sites for hydroxylation is 1. The molecule has 0 aromatic carbocycles. The first-order valence-corrected chi connectivity index (χ1v) is 6.70. The summed E-state index contributed by atoms with van der Waals surface area (Å²) in [4.78, 5) is 6.58. The van der Waals surface area contributed by atoms with E-state index in [0.29, 0.717) is 6.04 Å². The number of rotatable bonds is 3. The fourth-order valence-electron chi connectivity index (χ4n) is 2.01. The molecule has 2 atom stereocenters. The van der Waals surface area contributed by atoms with Gasteiger partial charge >= 0.3 is 0 Å². The first-order chi connectivity index (χ1) is 7.68. The number of hydrogen-bond donors (Lipinski definition) is 1. The molecule has 0 spiro atoms. The molecule has 1 aromatic rings. The maximum atomic E-state index is 6.26. The van der Waals surface area contributed by atoms with Crippen LogP contribution in [0.5, 0.6) is 0 Å². The minimum absolute atomic E-state index is 0.140. The molecule has 2 N–H and O–H groups in total. The minimum atomic E-state index is 0.140. The predicted octanol–water partition coefficient (Wildman–Crippen LogP) is -0.268. The first-order valence-electron chi connectivity index (χ1n) is 5.55. The second-order valence-corrected chi connectivity index (χ2v) is 5.44. The van der Waals surface area contributed by atoms with Crippen LogP contribution in [0.1, 0.15) is 5.82 Å². The fraction of sp³-hybridized carbons (Fsp3) is 0.800. The average molecular weight is 241 g/mol. The van der Waals surface area contributed by atoms with Crippen molar-refractivity contribution in [2.75, 3.05) is 25.1 Å². The van der Waals surface area contributed by atoms with Gasteiger partial charge in [-0.1, -0.05) is 0 Å². The molecule has 1 fully saturated rings. The molecule has 90 valence electrons. The standard InChI is InChI=1S/C10H19N5S/c1-14-3-4-16-6-9(14)8(11)5-10-12-7-13-15(10)2/h7-9H,3-6,11H2,1-2H3.